The smallest absolute Gasteiger partial charge is 0.168 e. The van der Waals surface area contributed by atoms with E-state index in [1.807, 2.05) is 53.5 Å². The van der Waals surface area contributed by atoms with Crippen molar-refractivity contribution in [3.8, 4) is 17.0 Å². The molecule has 1 aliphatic heterocycles. The van der Waals surface area contributed by atoms with Crippen molar-refractivity contribution in [2.75, 3.05) is 17.2 Å². The van der Waals surface area contributed by atoms with Crippen molar-refractivity contribution >= 4 is 23.5 Å². The Labute approximate surface area is 145 Å². The zero-order chi connectivity index (χ0) is 16.4. The highest BCUT2D eigenvalue weighted by Gasteiger charge is 2.23. The lowest BCUT2D eigenvalue weighted by Crippen LogP contribution is -2.20. The van der Waals surface area contributed by atoms with E-state index in [0.29, 0.717) is 6.61 Å². The van der Waals surface area contributed by atoms with Gasteiger partial charge in [-0.1, -0.05) is 18.2 Å². The molecule has 0 amide bonds. The van der Waals surface area contributed by atoms with Gasteiger partial charge in [0, 0.05) is 29.3 Å². The predicted molar refractivity (Wildman–Crippen MR) is 99.3 cm³/mol. The molecule has 0 aliphatic carbocycles. The van der Waals surface area contributed by atoms with Crippen LogP contribution in [0.5, 0.6) is 5.75 Å². The summed E-state index contributed by atoms with van der Waals surface area (Å²) >= 11 is 1.62. The average Bonchev–Trinajstić information content (AvgIpc) is 3.15. The Bertz CT molecular complexity index is 793. The van der Waals surface area contributed by atoms with Gasteiger partial charge in [-0.3, -0.25) is 0 Å². The highest BCUT2D eigenvalue weighted by atomic mass is 32.2. The molecule has 24 heavy (non-hydrogen) atoms. The standard InChI is InChI=1S/C18H18N4OS/c1-2-23-15-10-8-13(9-11-15)16-12-17-20-18(24-22(17)21-16)19-14-6-4-3-5-7-14/h3-12,18-20H,2H2,1H3. The number of nitrogens with zero attached hydrogens (tertiary/aromatic N) is 2. The quantitative estimate of drug-likeness (QED) is 0.728. The molecular formula is C18H18N4OS. The summed E-state index contributed by atoms with van der Waals surface area (Å²) in [6.07, 6.45) is 0. The molecule has 1 atom stereocenters. The number of anilines is 2. The Kier molecular flexibility index (Phi) is 4.04. The molecule has 122 valence electrons. The molecule has 0 saturated heterocycles. The van der Waals surface area contributed by atoms with Gasteiger partial charge in [-0.15, -0.1) is 0 Å². The molecule has 1 aromatic heterocycles. The summed E-state index contributed by atoms with van der Waals surface area (Å²) in [5.41, 5.74) is 3.19. The zero-order valence-electron chi connectivity index (χ0n) is 13.3. The summed E-state index contributed by atoms with van der Waals surface area (Å²) in [5, 5.41) is 11.5. The van der Waals surface area contributed by atoms with Crippen molar-refractivity contribution in [1.29, 1.82) is 0 Å². The normalized spacial score (nSPS) is 15.6. The van der Waals surface area contributed by atoms with E-state index < -0.39 is 0 Å². The maximum absolute atomic E-state index is 5.48. The van der Waals surface area contributed by atoms with Crippen molar-refractivity contribution in [1.82, 2.24) is 9.19 Å². The minimum atomic E-state index is 0.0734. The number of fused-ring (bicyclic) bond motifs is 1. The van der Waals surface area contributed by atoms with E-state index in [-0.39, 0.29) is 5.50 Å². The number of aromatic nitrogens is 2. The second kappa shape index (κ2) is 6.49. The first kappa shape index (κ1) is 15.0. The van der Waals surface area contributed by atoms with Crippen molar-refractivity contribution in [2.45, 2.75) is 12.4 Å². The molecule has 5 nitrogen and oxygen atoms in total. The van der Waals surface area contributed by atoms with Crippen molar-refractivity contribution < 1.29 is 4.74 Å². The Morgan fingerprint density at radius 3 is 2.67 bits per heavy atom. The average molecular weight is 338 g/mol. The first-order chi connectivity index (χ1) is 11.8. The maximum Gasteiger partial charge on any atom is 0.168 e. The number of para-hydroxylation sites is 1. The summed E-state index contributed by atoms with van der Waals surface area (Å²) in [7, 11) is 0. The lowest BCUT2D eigenvalue weighted by Gasteiger charge is -2.12. The Morgan fingerprint density at radius 1 is 1.17 bits per heavy atom. The predicted octanol–water partition coefficient (Wildman–Crippen LogP) is 4.27. The number of hydrogen-bond acceptors (Lipinski definition) is 5. The molecule has 3 aromatic rings. The van der Waals surface area contributed by atoms with Crippen LogP contribution < -0.4 is 15.4 Å². The van der Waals surface area contributed by atoms with Crippen LogP contribution in [0, 0.1) is 0 Å². The second-order valence-corrected chi connectivity index (χ2v) is 6.41. The van der Waals surface area contributed by atoms with Crippen LogP contribution in [0.2, 0.25) is 0 Å². The molecule has 0 radical (unpaired) electrons. The molecule has 6 heteroatoms. The van der Waals surface area contributed by atoms with Crippen LogP contribution in [-0.2, 0) is 0 Å². The summed E-state index contributed by atoms with van der Waals surface area (Å²) < 4.78 is 7.40. The van der Waals surface area contributed by atoms with Crippen molar-refractivity contribution in [2.24, 2.45) is 0 Å². The Hall–Kier alpha value is -2.60. The first-order valence-electron chi connectivity index (χ1n) is 7.90. The third-order valence-corrected chi connectivity index (χ3v) is 4.62. The van der Waals surface area contributed by atoms with Crippen LogP contribution in [0.4, 0.5) is 11.5 Å². The highest BCUT2D eigenvalue weighted by Crippen LogP contribution is 2.33. The van der Waals surface area contributed by atoms with Crippen LogP contribution in [0.1, 0.15) is 6.92 Å². The van der Waals surface area contributed by atoms with Gasteiger partial charge in [0.05, 0.1) is 12.3 Å². The van der Waals surface area contributed by atoms with E-state index in [0.717, 1.165) is 28.5 Å². The summed E-state index contributed by atoms with van der Waals surface area (Å²) in [4.78, 5) is 0. The molecule has 0 bridgehead atoms. The molecule has 2 N–H and O–H groups in total. The van der Waals surface area contributed by atoms with Crippen molar-refractivity contribution in [3.05, 3.63) is 60.7 Å². The molecule has 0 fully saturated rings. The molecule has 4 rings (SSSR count). The Morgan fingerprint density at radius 2 is 1.96 bits per heavy atom. The number of ether oxygens (including phenoxy) is 1. The van der Waals surface area contributed by atoms with E-state index in [9.17, 15) is 0 Å². The molecule has 0 saturated carbocycles. The van der Waals surface area contributed by atoms with Gasteiger partial charge < -0.3 is 15.4 Å². The number of nitrogens with one attached hydrogen (secondary N) is 2. The highest BCUT2D eigenvalue weighted by molar-refractivity contribution is 7.98. The monoisotopic (exact) mass is 338 g/mol. The van der Waals surface area contributed by atoms with E-state index in [2.05, 4.69) is 33.9 Å². The fourth-order valence-electron chi connectivity index (χ4n) is 2.58. The molecule has 1 unspecified atom stereocenters. The second-order valence-electron chi connectivity index (χ2n) is 5.39. The maximum atomic E-state index is 5.48. The molecule has 0 spiro atoms. The molecule has 2 heterocycles. The molecule has 1 aliphatic rings. The summed E-state index contributed by atoms with van der Waals surface area (Å²) in [6, 6.07) is 20.2. The van der Waals surface area contributed by atoms with Crippen LogP contribution in [0.3, 0.4) is 0 Å². The number of hydrogen-bond donors (Lipinski definition) is 2. The van der Waals surface area contributed by atoms with Gasteiger partial charge in [-0.05, 0) is 43.3 Å². The van der Waals surface area contributed by atoms with E-state index in [1.54, 1.807) is 11.9 Å². The van der Waals surface area contributed by atoms with Crippen molar-refractivity contribution in [3.63, 3.8) is 0 Å². The molecule has 2 aromatic carbocycles. The van der Waals surface area contributed by atoms with Gasteiger partial charge in [0.15, 0.2) is 5.50 Å². The molecular weight excluding hydrogens is 320 g/mol. The van der Waals surface area contributed by atoms with Gasteiger partial charge in [-0.25, -0.2) is 0 Å². The lowest BCUT2D eigenvalue weighted by atomic mass is 10.1. The fraction of sp³-hybridized carbons (Fsp3) is 0.167. The summed E-state index contributed by atoms with van der Waals surface area (Å²) in [5.74, 6) is 1.88. The van der Waals surface area contributed by atoms with E-state index >= 15 is 0 Å². The van der Waals surface area contributed by atoms with Gasteiger partial charge in [-0.2, -0.15) is 9.19 Å². The third-order valence-electron chi connectivity index (χ3n) is 3.69. The van der Waals surface area contributed by atoms with Gasteiger partial charge in [0.2, 0.25) is 0 Å². The van der Waals surface area contributed by atoms with Gasteiger partial charge in [0.1, 0.15) is 11.6 Å². The minimum absolute atomic E-state index is 0.0734. The summed E-state index contributed by atoms with van der Waals surface area (Å²) in [6.45, 7) is 2.66. The minimum Gasteiger partial charge on any atom is -0.494 e. The van der Waals surface area contributed by atoms with E-state index in [1.165, 1.54) is 0 Å². The topological polar surface area (TPSA) is 51.1 Å². The third kappa shape index (κ3) is 3.05. The fourth-order valence-corrected chi connectivity index (χ4v) is 3.50. The Balaban J connectivity index is 1.45. The van der Waals surface area contributed by atoms with Crippen LogP contribution in [0.25, 0.3) is 11.3 Å². The van der Waals surface area contributed by atoms with Crippen LogP contribution in [-0.4, -0.2) is 21.3 Å². The van der Waals surface area contributed by atoms with Crippen LogP contribution in [0.15, 0.2) is 60.7 Å². The lowest BCUT2D eigenvalue weighted by molar-refractivity contribution is 0.340. The van der Waals surface area contributed by atoms with E-state index in [4.69, 9.17) is 4.74 Å². The number of rotatable bonds is 5. The first-order valence-corrected chi connectivity index (χ1v) is 8.74. The zero-order valence-corrected chi connectivity index (χ0v) is 14.1. The largest absolute Gasteiger partial charge is 0.494 e. The van der Waals surface area contributed by atoms with Gasteiger partial charge in [0.25, 0.3) is 0 Å². The van der Waals surface area contributed by atoms with Crippen LogP contribution >= 0.6 is 11.9 Å². The van der Waals surface area contributed by atoms with Gasteiger partial charge >= 0.3 is 0 Å². The number of benzene rings is 2. The SMILES string of the molecule is CCOc1ccc(-c2cc3n(n2)SC(Nc2ccccc2)N3)cc1.